The number of benzene rings is 1. The second-order valence-electron chi connectivity index (χ2n) is 5.20. The quantitative estimate of drug-likeness (QED) is 0.883. The second-order valence-corrected chi connectivity index (χ2v) is 5.20. The molecule has 1 amide bonds. The zero-order valence-electron chi connectivity index (χ0n) is 11.8. The Bertz CT molecular complexity index is 431. The maximum absolute atomic E-state index is 12.7. The predicted molar refractivity (Wildman–Crippen MR) is 78.0 cm³/mol. The molecule has 0 heterocycles. The van der Waals surface area contributed by atoms with E-state index in [4.69, 9.17) is 5.73 Å². The Labute approximate surface area is 115 Å². The van der Waals surface area contributed by atoms with E-state index in [1.807, 2.05) is 17.9 Å². The van der Waals surface area contributed by atoms with Crippen molar-refractivity contribution in [2.75, 3.05) is 19.6 Å². The minimum absolute atomic E-state index is 0.0580. The SMILES string of the molecule is CCN(CCCN)C(=O)C1CCCc2ccccc21. The van der Waals surface area contributed by atoms with Crippen LogP contribution in [0.2, 0.25) is 0 Å². The van der Waals surface area contributed by atoms with Crippen molar-refractivity contribution in [2.45, 2.75) is 38.5 Å². The largest absolute Gasteiger partial charge is 0.342 e. The minimum Gasteiger partial charge on any atom is -0.342 e. The summed E-state index contributed by atoms with van der Waals surface area (Å²) in [5, 5.41) is 0. The fourth-order valence-corrected chi connectivity index (χ4v) is 2.94. The molecular weight excluding hydrogens is 236 g/mol. The van der Waals surface area contributed by atoms with Gasteiger partial charge in [-0.1, -0.05) is 24.3 Å². The number of aryl methyl sites for hydroxylation is 1. The van der Waals surface area contributed by atoms with Gasteiger partial charge in [-0.25, -0.2) is 0 Å². The number of hydrogen-bond donors (Lipinski definition) is 1. The molecule has 1 aliphatic carbocycles. The molecule has 2 rings (SSSR count). The third kappa shape index (κ3) is 3.16. The van der Waals surface area contributed by atoms with Gasteiger partial charge in [-0.05, 0) is 50.3 Å². The molecule has 0 spiro atoms. The summed E-state index contributed by atoms with van der Waals surface area (Å²) >= 11 is 0. The molecule has 19 heavy (non-hydrogen) atoms. The van der Waals surface area contributed by atoms with Crippen LogP contribution in [-0.4, -0.2) is 30.4 Å². The van der Waals surface area contributed by atoms with Crippen LogP contribution < -0.4 is 5.73 Å². The number of carbonyl (C=O) groups excluding carboxylic acids is 1. The van der Waals surface area contributed by atoms with Gasteiger partial charge in [0, 0.05) is 13.1 Å². The van der Waals surface area contributed by atoms with Gasteiger partial charge in [-0.3, -0.25) is 4.79 Å². The Kier molecular flexibility index (Phi) is 4.97. The monoisotopic (exact) mass is 260 g/mol. The molecule has 0 radical (unpaired) electrons. The van der Waals surface area contributed by atoms with Gasteiger partial charge in [0.2, 0.25) is 5.91 Å². The van der Waals surface area contributed by atoms with Crippen LogP contribution in [0, 0.1) is 0 Å². The van der Waals surface area contributed by atoms with Crippen LogP contribution in [0.3, 0.4) is 0 Å². The summed E-state index contributed by atoms with van der Waals surface area (Å²) in [6.07, 6.45) is 4.08. The molecule has 0 aliphatic heterocycles. The van der Waals surface area contributed by atoms with Gasteiger partial charge < -0.3 is 10.6 Å². The van der Waals surface area contributed by atoms with E-state index < -0.39 is 0 Å². The van der Waals surface area contributed by atoms with E-state index >= 15 is 0 Å². The average Bonchev–Trinajstić information content (AvgIpc) is 2.47. The molecule has 0 fully saturated rings. The average molecular weight is 260 g/mol. The highest BCUT2D eigenvalue weighted by molar-refractivity contribution is 5.84. The third-order valence-corrected chi connectivity index (χ3v) is 3.99. The van der Waals surface area contributed by atoms with Crippen molar-refractivity contribution in [1.29, 1.82) is 0 Å². The fourth-order valence-electron chi connectivity index (χ4n) is 2.94. The highest BCUT2D eigenvalue weighted by Gasteiger charge is 2.28. The van der Waals surface area contributed by atoms with E-state index in [1.54, 1.807) is 0 Å². The van der Waals surface area contributed by atoms with Gasteiger partial charge in [0.15, 0.2) is 0 Å². The standard InChI is InChI=1S/C16H24N2O/c1-2-18(12-6-11-17)16(19)15-10-5-8-13-7-3-4-9-14(13)15/h3-4,7,9,15H,2,5-6,8,10-12,17H2,1H3. The van der Waals surface area contributed by atoms with Crippen LogP contribution in [0.15, 0.2) is 24.3 Å². The molecule has 3 nitrogen and oxygen atoms in total. The molecule has 1 atom stereocenters. The number of carbonyl (C=O) groups is 1. The van der Waals surface area contributed by atoms with Crippen molar-refractivity contribution in [3.8, 4) is 0 Å². The lowest BCUT2D eigenvalue weighted by Crippen LogP contribution is -2.37. The second kappa shape index (κ2) is 6.71. The van der Waals surface area contributed by atoms with Crippen LogP contribution in [0.4, 0.5) is 0 Å². The molecule has 1 aromatic rings. The van der Waals surface area contributed by atoms with Crippen molar-refractivity contribution in [1.82, 2.24) is 4.90 Å². The van der Waals surface area contributed by atoms with Crippen LogP contribution >= 0.6 is 0 Å². The first kappa shape index (κ1) is 14.1. The predicted octanol–water partition coefficient (Wildman–Crippen LogP) is 2.30. The summed E-state index contributed by atoms with van der Waals surface area (Å²) in [5.74, 6) is 0.339. The fraction of sp³-hybridized carbons (Fsp3) is 0.562. The van der Waals surface area contributed by atoms with Crippen LogP contribution in [-0.2, 0) is 11.2 Å². The molecule has 3 heteroatoms. The van der Waals surface area contributed by atoms with E-state index in [0.717, 1.165) is 38.8 Å². The smallest absolute Gasteiger partial charge is 0.230 e. The lowest BCUT2D eigenvalue weighted by atomic mass is 9.82. The number of nitrogens with two attached hydrogens (primary N) is 1. The molecule has 1 aliphatic rings. The lowest BCUT2D eigenvalue weighted by Gasteiger charge is -2.30. The normalized spacial score (nSPS) is 17.9. The molecule has 2 N–H and O–H groups in total. The number of hydrogen-bond acceptors (Lipinski definition) is 2. The van der Waals surface area contributed by atoms with E-state index in [-0.39, 0.29) is 11.8 Å². The number of nitrogens with zero attached hydrogens (tertiary/aromatic N) is 1. The zero-order valence-corrected chi connectivity index (χ0v) is 11.8. The topological polar surface area (TPSA) is 46.3 Å². The van der Waals surface area contributed by atoms with E-state index in [9.17, 15) is 4.79 Å². The molecule has 0 aromatic heterocycles. The number of amides is 1. The first-order valence-corrected chi connectivity index (χ1v) is 7.34. The van der Waals surface area contributed by atoms with Gasteiger partial charge in [0.05, 0.1) is 5.92 Å². The molecule has 0 saturated heterocycles. The van der Waals surface area contributed by atoms with Gasteiger partial charge in [-0.15, -0.1) is 0 Å². The number of rotatable bonds is 5. The van der Waals surface area contributed by atoms with Crippen molar-refractivity contribution in [3.05, 3.63) is 35.4 Å². The number of fused-ring (bicyclic) bond motifs is 1. The minimum atomic E-state index is 0.0580. The number of likely N-dealkylation sites (N-methyl/N-ethyl adjacent to an activating group) is 1. The van der Waals surface area contributed by atoms with Gasteiger partial charge >= 0.3 is 0 Å². The summed E-state index contributed by atoms with van der Waals surface area (Å²) in [4.78, 5) is 14.6. The maximum Gasteiger partial charge on any atom is 0.230 e. The van der Waals surface area contributed by atoms with Crippen molar-refractivity contribution >= 4 is 5.91 Å². The Morgan fingerprint density at radius 3 is 2.95 bits per heavy atom. The first-order chi connectivity index (χ1) is 9.27. The molecule has 0 bridgehead atoms. The molecular formula is C16H24N2O. The Balaban J connectivity index is 2.15. The maximum atomic E-state index is 12.7. The summed E-state index contributed by atoms with van der Waals surface area (Å²) in [5.41, 5.74) is 8.14. The summed E-state index contributed by atoms with van der Waals surface area (Å²) in [6.45, 7) is 4.25. The molecule has 104 valence electrons. The van der Waals surface area contributed by atoms with E-state index in [1.165, 1.54) is 11.1 Å². The molecule has 1 aromatic carbocycles. The van der Waals surface area contributed by atoms with Crippen LogP contribution in [0.5, 0.6) is 0 Å². The van der Waals surface area contributed by atoms with E-state index in [0.29, 0.717) is 6.54 Å². The molecule has 0 saturated carbocycles. The van der Waals surface area contributed by atoms with Gasteiger partial charge in [-0.2, -0.15) is 0 Å². The molecule has 1 unspecified atom stereocenters. The van der Waals surface area contributed by atoms with Crippen LogP contribution in [0.1, 0.15) is 43.2 Å². The Morgan fingerprint density at radius 1 is 1.42 bits per heavy atom. The van der Waals surface area contributed by atoms with Crippen molar-refractivity contribution in [3.63, 3.8) is 0 Å². The van der Waals surface area contributed by atoms with Gasteiger partial charge in [0.1, 0.15) is 0 Å². The zero-order chi connectivity index (χ0) is 13.7. The third-order valence-electron chi connectivity index (χ3n) is 3.99. The Hall–Kier alpha value is -1.35. The summed E-state index contributed by atoms with van der Waals surface area (Å²) in [7, 11) is 0. The summed E-state index contributed by atoms with van der Waals surface area (Å²) in [6, 6.07) is 8.39. The van der Waals surface area contributed by atoms with Gasteiger partial charge in [0.25, 0.3) is 0 Å². The highest BCUT2D eigenvalue weighted by atomic mass is 16.2. The Morgan fingerprint density at radius 2 is 2.21 bits per heavy atom. The van der Waals surface area contributed by atoms with Crippen molar-refractivity contribution < 1.29 is 4.79 Å². The van der Waals surface area contributed by atoms with Crippen molar-refractivity contribution in [2.24, 2.45) is 5.73 Å². The highest BCUT2D eigenvalue weighted by Crippen LogP contribution is 2.32. The first-order valence-electron chi connectivity index (χ1n) is 7.34. The van der Waals surface area contributed by atoms with E-state index in [2.05, 4.69) is 18.2 Å². The van der Waals surface area contributed by atoms with Crippen LogP contribution in [0.25, 0.3) is 0 Å². The lowest BCUT2D eigenvalue weighted by molar-refractivity contribution is -0.133. The summed E-state index contributed by atoms with van der Waals surface area (Å²) < 4.78 is 0.